The summed E-state index contributed by atoms with van der Waals surface area (Å²) in [6, 6.07) is 7.74. The lowest BCUT2D eigenvalue weighted by atomic mass is 10.2. The van der Waals surface area contributed by atoms with Crippen LogP contribution in [0.2, 0.25) is 0 Å². The van der Waals surface area contributed by atoms with Gasteiger partial charge in [-0.3, -0.25) is 4.90 Å². The molecule has 1 aliphatic heterocycles. The fraction of sp³-hybridized carbons (Fsp3) is 0.294. The number of halogens is 2. The zero-order valence-electron chi connectivity index (χ0n) is 13.0. The highest BCUT2D eigenvalue weighted by Gasteiger charge is 2.20. The van der Waals surface area contributed by atoms with E-state index in [1.807, 2.05) is 6.07 Å². The van der Waals surface area contributed by atoms with Crippen LogP contribution in [0.1, 0.15) is 5.69 Å². The maximum atomic E-state index is 13.2. The first-order chi connectivity index (χ1) is 11.7. The average molecular weight is 330 g/mol. The van der Waals surface area contributed by atoms with Crippen molar-refractivity contribution in [1.29, 1.82) is 0 Å². The van der Waals surface area contributed by atoms with Crippen molar-refractivity contribution in [2.75, 3.05) is 31.1 Å². The molecule has 0 bridgehead atoms. The Bertz CT molecular complexity index is 859. The molecule has 1 aromatic carbocycles. The van der Waals surface area contributed by atoms with Crippen molar-refractivity contribution in [2.24, 2.45) is 0 Å². The molecule has 1 saturated heterocycles. The van der Waals surface area contributed by atoms with Crippen molar-refractivity contribution in [2.45, 2.75) is 6.54 Å². The predicted octanol–water partition coefficient (Wildman–Crippen LogP) is 2.82. The smallest absolute Gasteiger partial charge is 0.214 e. The minimum atomic E-state index is -0.462. The van der Waals surface area contributed by atoms with Gasteiger partial charge in [-0.1, -0.05) is 5.16 Å². The van der Waals surface area contributed by atoms with Crippen molar-refractivity contribution < 1.29 is 13.3 Å². The van der Waals surface area contributed by atoms with Gasteiger partial charge in [0.05, 0.1) is 0 Å². The van der Waals surface area contributed by atoms with Crippen molar-refractivity contribution in [3.05, 3.63) is 54.0 Å². The molecule has 0 radical (unpaired) electrons. The van der Waals surface area contributed by atoms with E-state index >= 15 is 0 Å². The fourth-order valence-electron chi connectivity index (χ4n) is 3.04. The average Bonchev–Trinajstić information content (AvgIpc) is 2.97. The first-order valence-corrected chi connectivity index (χ1v) is 7.82. The lowest BCUT2D eigenvalue weighted by Crippen LogP contribution is -2.46. The Balaban J connectivity index is 1.42. The number of piperazine rings is 1. The molecule has 1 aliphatic rings. The number of fused-ring (bicyclic) bond motifs is 1. The zero-order chi connectivity index (χ0) is 16.5. The Morgan fingerprint density at radius 2 is 1.88 bits per heavy atom. The summed E-state index contributed by atoms with van der Waals surface area (Å²) in [6.45, 7) is 3.91. The molecule has 3 aromatic rings. The van der Waals surface area contributed by atoms with Crippen LogP contribution < -0.4 is 4.90 Å². The van der Waals surface area contributed by atoms with Crippen LogP contribution in [0.25, 0.3) is 11.0 Å². The standard InChI is InChI=1S/C17H16F2N4O/c18-12-1-2-14-15(21-24-16(14)9-12)11-22-5-7-23(8-6-22)13-3-4-20-17(19)10-13/h1-4,9-10H,5-8,11H2. The minimum Gasteiger partial charge on any atom is -0.369 e. The lowest BCUT2D eigenvalue weighted by molar-refractivity contribution is 0.243. The van der Waals surface area contributed by atoms with E-state index in [1.54, 1.807) is 6.07 Å². The topological polar surface area (TPSA) is 45.4 Å². The Kier molecular flexibility index (Phi) is 3.86. The number of pyridine rings is 1. The summed E-state index contributed by atoms with van der Waals surface area (Å²) in [7, 11) is 0. The van der Waals surface area contributed by atoms with Crippen LogP contribution in [0.3, 0.4) is 0 Å². The highest BCUT2D eigenvalue weighted by molar-refractivity contribution is 5.79. The Hall–Kier alpha value is -2.54. The van der Waals surface area contributed by atoms with Gasteiger partial charge >= 0.3 is 0 Å². The van der Waals surface area contributed by atoms with E-state index in [2.05, 4.69) is 19.9 Å². The first-order valence-electron chi connectivity index (χ1n) is 7.82. The van der Waals surface area contributed by atoms with Crippen molar-refractivity contribution in [3.8, 4) is 0 Å². The molecule has 124 valence electrons. The molecule has 2 aromatic heterocycles. The molecular formula is C17H16F2N4O. The summed E-state index contributed by atoms with van der Waals surface area (Å²) in [4.78, 5) is 7.98. The highest BCUT2D eigenvalue weighted by Crippen LogP contribution is 2.22. The van der Waals surface area contributed by atoms with Gasteiger partial charge in [-0.15, -0.1) is 0 Å². The van der Waals surface area contributed by atoms with Crippen molar-refractivity contribution in [3.63, 3.8) is 0 Å². The molecule has 0 N–H and O–H groups in total. The van der Waals surface area contributed by atoms with Gasteiger partial charge in [0.1, 0.15) is 11.5 Å². The molecule has 0 amide bonds. The van der Waals surface area contributed by atoms with Crippen molar-refractivity contribution in [1.82, 2.24) is 15.0 Å². The molecule has 24 heavy (non-hydrogen) atoms. The minimum absolute atomic E-state index is 0.330. The predicted molar refractivity (Wildman–Crippen MR) is 85.7 cm³/mol. The van der Waals surface area contributed by atoms with Gasteiger partial charge in [0, 0.05) is 62.1 Å². The van der Waals surface area contributed by atoms with Crippen LogP contribution in [0.15, 0.2) is 41.1 Å². The first kappa shape index (κ1) is 15.0. The summed E-state index contributed by atoms with van der Waals surface area (Å²) in [5.41, 5.74) is 2.13. The molecule has 0 aliphatic carbocycles. The molecule has 5 nitrogen and oxygen atoms in total. The number of hydrogen-bond acceptors (Lipinski definition) is 5. The normalized spacial score (nSPS) is 16.0. The number of anilines is 1. The molecule has 4 rings (SSSR count). The highest BCUT2D eigenvalue weighted by atomic mass is 19.1. The van der Waals surface area contributed by atoms with E-state index < -0.39 is 5.95 Å². The molecular weight excluding hydrogens is 314 g/mol. The van der Waals surface area contributed by atoms with E-state index in [0.717, 1.165) is 42.9 Å². The monoisotopic (exact) mass is 330 g/mol. The molecule has 7 heteroatoms. The molecule has 1 fully saturated rings. The van der Waals surface area contributed by atoms with Crippen LogP contribution in [0, 0.1) is 11.8 Å². The summed E-state index contributed by atoms with van der Waals surface area (Å²) in [5, 5.41) is 4.91. The maximum Gasteiger partial charge on any atom is 0.214 e. The van der Waals surface area contributed by atoms with E-state index in [1.165, 1.54) is 24.4 Å². The number of rotatable bonds is 3. The van der Waals surface area contributed by atoms with E-state index in [0.29, 0.717) is 12.1 Å². The second-order valence-electron chi connectivity index (χ2n) is 5.87. The van der Waals surface area contributed by atoms with E-state index in [-0.39, 0.29) is 5.82 Å². The number of hydrogen-bond donors (Lipinski definition) is 0. The summed E-state index contributed by atoms with van der Waals surface area (Å²) in [5.74, 6) is -0.792. The van der Waals surface area contributed by atoms with Gasteiger partial charge in [-0.25, -0.2) is 9.37 Å². The van der Waals surface area contributed by atoms with Gasteiger partial charge in [0.2, 0.25) is 5.95 Å². The molecule has 0 unspecified atom stereocenters. The van der Waals surface area contributed by atoms with Crippen LogP contribution >= 0.6 is 0 Å². The van der Waals surface area contributed by atoms with E-state index in [9.17, 15) is 8.78 Å². The Labute approximate surface area is 137 Å². The van der Waals surface area contributed by atoms with Crippen molar-refractivity contribution >= 4 is 16.7 Å². The summed E-state index contributed by atoms with van der Waals surface area (Å²) in [6.07, 6.45) is 1.48. The van der Waals surface area contributed by atoms with Gasteiger partial charge in [-0.2, -0.15) is 4.39 Å². The van der Waals surface area contributed by atoms with Gasteiger partial charge in [-0.05, 0) is 18.2 Å². The second-order valence-corrected chi connectivity index (χ2v) is 5.87. The third-order valence-corrected chi connectivity index (χ3v) is 4.33. The maximum absolute atomic E-state index is 13.2. The number of benzene rings is 1. The van der Waals surface area contributed by atoms with Crippen LogP contribution in [-0.4, -0.2) is 41.2 Å². The largest absolute Gasteiger partial charge is 0.369 e. The van der Waals surface area contributed by atoms with Gasteiger partial charge in [0.15, 0.2) is 5.58 Å². The van der Waals surface area contributed by atoms with Gasteiger partial charge in [0.25, 0.3) is 0 Å². The third kappa shape index (κ3) is 2.94. The molecule has 0 saturated carbocycles. The van der Waals surface area contributed by atoms with Crippen LogP contribution in [-0.2, 0) is 6.54 Å². The summed E-state index contributed by atoms with van der Waals surface area (Å²) < 4.78 is 31.6. The number of aromatic nitrogens is 2. The lowest BCUT2D eigenvalue weighted by Gasteiger charge is -2.35. The molecule has 0 spiro atoms. The van der Waals surface area contributed by atoms with Gasteiger partial charge < -0.3 is 9.42 Å². The summed E-state index contributed by atoms with van der Waals surface area (Å²) >= 11 is 0. The Morgan fingerprint density at radius 1 is 1.04 bits per heavy atom. The van der Waals surface area contributed by atoms with Crippen LogP contribution in [0.4, 0.5) is 14.5 Å². The van der Waals surface area contributed by atoms with E-state index in [4.69, 9.17) is 4.52 Å². The SMILES string of the molecule is Fc1ccc2c(CN3CCN(c4ccnc(F)c4)CC3)noc2c1. The third-order valence-electron chi connectivity index (χ3n) is 4.33. The zero-order valence-corrected chi connectivity index (χ0v) is 13.0. The fourth-order valence-corrected chi connectivity index (χ4v) is 3.04. The number of nitrogens with zero attached hydrogens (tertiary/aromatic N) is 4. The quantitative estimate of drug-likeness (QED) is 0.691. The molecule has 3 heterocycles. The second kappa shape index (κ2) is 6.16. The molecule has 0 atom stereocenters. The van der Waals surface area contributed by atoms with Crippen LogP contribution in [0.5, 0.6) is 0 Å². The Morgan fingerprint density at radius 3 is 2.67 bits per heavy atom.